The van der Waals surface area contributed by atoms with Crippen molar-refractivity contribution in [1.29, 1.82) is 0 Å². The Bertz CT molecular complexity index is 517. The highest BCUT2D eigenvalue weighted by atomic mass is 35.5. The third-order valence-electron chi connectivity index (χ3n) is 3.25. The zero-order valence-electron chi connectivity index (χ0n) is 11.6. The SMILES string of the molecule is COC(=O)c1ccc(NC(=O)CC2CCCN2)cc1Cl.Cl. The number of amides is 1. The minimum atomic E-state index is -0.497. The molecule has 0 radical (unpaired) electrons. The summed E-state index contributed by atoms with van der Waals surface area (Å²) in [4.78, 5) is 23.3. The van der Waals surface area contributed by atoms with Crippen LogP contribution in [-0.4, -0.2) is 31.6 Å². The van der Waals surface area contributed by atoms with E-state index in [2.05, 4.69) is 15.4 Å². The fraction of sp³-hybridized carbons (Fsp3) is 0.429. The molecule has 5 nitrogen and oxygen atoms in total. The average molecular weight is 333 g/mol. The summed E-state index contributed by atoms with van der Waals surface area (Å²) >= 11 is 5.99. The number of esters is 1. The molecule has 1 saturated heterocycles. The second kappa shape index (κ2) is 8.22. The maximum atomic E-state index is 11.9. The monoisotopic (exact) mass is 332 g/mol. The van der Waals surface area contributed by atoms with Crippen molar-refractivity contribution in [3.8, 4) is 0 Å². The van der Waals surface area contributed by atoms with Crippen molar-refractivity contribution < 1.29 is 14.3 Å². The lowest BCUT2D eigenvalue weighted by atomic mass is 10.1. The van der Waals surface area contributed by atoms with Gasteiger partial charge < -0.3 is 15.4 Å². The van der Waals surface area contributed by atoms with Gasteiger partial charge in [0.05, 0.1) is 17.7 Å². The minimum absolute atomic E-state index is 0. The number of benzene rings is 1. The number of hydrogen-bond donors (Lipinski definition) is 2. The second-order valence-electron chi connectivity index (χ2n) is 4.73. The Hall–Kier alpha value is -1.30. The molecule has 1 aromatic carbocycles. The molecular weight excluding hydrogens is 315 g/mol. The van der Waals surface area contributed by atoms with Crippen LogP contribution in [0, 0.1) is 0 Å². The Balaban J connectivity index is 0.00000220. The fourth-order valence-electron chi connectivity index (χ4n) is 2.24. The van der Waals surface area contributed by atoms with Gasteiger partial charge in [-0.1, -0.05) is 11.6 Å². The lowest BCUT2D eigenvalue weighted by Crippen LogP contribution is -2.27. The predicted molar refractivity (Wildman–Crippen MR) is 84.3 cm³/mol. The number of carbonyl (C=O) groups excluding carboxylic acids is 2. The van der Waals surface area contributed by atoms with Crippen molar-refractivity contribution in [2.45, 2.75) is 25.3 Å². The van der Waals surface area contributed by atoms with Crippen molar-refractivity contribution in [3.63, 3.8) is 0 Å². The number of methoxy groups -OCH3 is 1. The van der Waals surface area contributed by atoms with Crippen LogP contribution in [0.25, 0.3) is 0 Å². The van der Waals surface area contributed by atoms with Gasteiger partial charge in [-0.15, -0.1) is 12.4 Å². The number of ether oxygens (including phenoxy) is 1. The number of nitrogens with one attached hydrogen (secondary N) is 2. The van der Waals surface area contributed by atoms with E-state index in [0.717, 1.165) is 19.4 Å². The largest absolute Gasteiger partial charge is 0.465 e. The molecule has 1 aromatic rings. The molecule has 1 amide bonds. The van der Waals surface area contributed by atoms with Crippen LogP contribution < -0.4 is 10.6 Å². The first-order chi connectivity index (χ1) is 9.60. The summed E-state index contributed by atoms with van der Waals surface area (Å²) in [5.74, 6) is -0.561. The van der Waals surface area contributed by atoms with Gasteiger partial charge in [0.25, 0.3) is 0 Å². The quantitative estimate of drug-likeness (QED) is 0.832. The Morgan fingerprint density at radius 3 is 2.81 bits per heavy atom. The first-order valence-electron chi connectivity index (χ1n) is 6.51. The van der Waals surface area contributed by atoms with Gasteiger partial charge in [0.1, 0.15) is 0 Å². The number of halogens is 2. The van der Waals surface area contributed by atoms with E-state index in [-0.39, 0.29) is 34.9 Å². The first-order valence-corrected chi connectivity index (χ1v) is 6.89. The summed E-state index contributed by atoms with van der Waals surface area (Å²) in [6, 6.07) is 4.98. The lowest BCUT2D eigenvalue weighted by molar-refractivity contribution is -0.116. The standard InChI is InChI=1S/C14H17ClN2O3.ClH/c1-20-14(19)11-5-4-10(7-12(11)15)17-13(18)8-9-3-2-6-16-9;/h4-5,7,9,16H,2-3,6,8H2,1H3,(H,17,18);1H. The van der Waals surface area contributed by atoms with E-state index in [4.69, 9.17) is 11.6 Å². The molecule has 1 unspecified atom stereocenters. The van der Waals surface area contributed by atoms with Crippen molar-refractivity contribution in [2.24, 2.45) is 0 Å². The van der Waals surface area contributed by atoms with Gasteiger partial charge >= 0.3 is 5.97 Å². The molecule has 0 spiro atoms. The highest BCUT2D eigenvalue weighted by Crippen LogP contribution is 2.22. The molecule has 1 heterocycles. The van der Waals surface area contributed by atoms with Crippen LogP contribution in [0.5, 0.6) is 0 Å². The van der Waals surface area contributed by atoms with E-state index in [1.807, 2.05) is 0 Å². The van der Waals surface area contributed by atoms with Crippen LogP contribution in [0.2, 0.25) is 5.02 Å². The predicted octanol–water partition coefficient (Wildman–Crippen LogP) is 2.63. The summed E-state index contributed by atoms with van der Waals surface area (Å²) < 4.78 is 4.61. The normalized spacial score (nSPS) is 17.0. The molecule has 116 valence electrons. The van der Waals surface area contributed by atoms with Gasteiger partial charge in [0.2, 0.25) is 5.91 Å². The Labute approximate surface area is 134 Å². The molecule has 2 rings (SSSR count). The average Bonchev–Trinajstić information content (AvgIpc) is 2.90. The Kier molecular flexibility index (Phi) is 6.95. The van der Waals surface area contributed by atoms with Gasteiger partial charge in [0.15, 0.2) is 0 Å². The lowest BCUT2D eigenvalue weighted by Gasteiger charge is -2.11. The maximum absolute atomic E-state index is 11.9. The highest BCUT2D eigenvalue weighted by molar-refractivity contribution is 6.33. The number of rotatable bonds is 4. The summed E-state index contributed by atoms with van der Waals surface area (Å²) in [6.07, 6.45) is 2.57. The van der Waals surface area contributed by atoms with Crippen LogP contribution >= 0.6 is 24.0 Å². The summed E-state index contributed by atoms with van der Waals surface area (Å²) in [5, 5.41) is 6.30. The molecule has 1 atom stereocenters. The Morgan fingerprint density at radius 1 is 1.48 bits per heavy atom. The van der Waals surface area contributed by atoms with Gasteiger partial charge in [-0.05, 0) is 37.6 Å². The fourth-order valence-corrected chi connectivity index (χ4v) is 2.49. The molecule has 0 aromatic heterocycles. The molecule has 0 saturated carbocycles. The topological polar surface area (TPSA) is 67.4 Å². The van der Waals surface area contributed by atoms with Crippen LogP contribution in [0.4, 0.5) is 5.69 Å². The van der Waals surface area contributed by atoms with E-state index < -0.39 is 5.97 Å². The molecule has 1 fully saturated rings. The summed E-state index contributed by atoms with van der Waals surface area (Å²) in [7, 11) is 1.29. The van der Waals surface area contributed by atoms with Gasteiger partial charge in [0, 0.05) is 18.2 Å². The molecule has 1 aliphatic heterocycles. The van der Waals surface area contributed by atoms with E-state index in [1.165, 1.54) is 13.2 Å². The number of hydrogen-bond acceptors (Lipinski definition) is 4. The van der Waals surface area contributed by atoms with Crippen LogP contribution in [0.15, 0.2) is 18.2 Å². The minimum Gasteiger partial charge on any atom is -0.465 e. The van der Waals surface area contributed by atoms with Crippen molar-refractivity contribution in [1.82, 2.24) is 5.32 Å². The summed E-state index contributed by atoms with van der Waals surface area (Å²) in [5.41, 5.74) is 0.857. The molecule has 2 N–H and O–H groups in total. The highest BCUT2D eigenvalue weighted by Gasteiger charge is 2.18. The molecule has 1 aliphatic rings. The molecular formula is C14H18Cl2N2O3. The zero-order valence-corrected chi connectivity index (χ0v) is 13.2. The zero-order chi connectivity index (χ0) is 14.5. The number of anilines is 1. The second-order valence-corrected chi connectivity index (χ2v) is 5.14. The van der Waals surface area contributed by atoms with Gasteiger partial charge in [-0.25, -0.2) is 4.79 Å². The molecule has 0 bridgehead atoms. The third-order valence-corrected chi connectivity index (χ3v) is 3.57. The molecule has 21 heavy (non-hydrogen) atoms. The van der Waals surface area contributed by atoms with Crippen molar-refractivity contribution in [3.05, 3.63) is 28.8 Å². The van der Waals surface area contributed by atoms with E-state index >= 15 is 0 Å². The molecule has 7 heteroatoms. The number of carbonyl (C=O) groups is 2. The van der Waals surface area contributed by atoms with E-state index in [9.17, 15) is 9.59 Å². The van der Waals surface area contributed by atoms with Crippen LogP contribution in [0.1, 0.15) is 29.6 Å². The summed E-state index contributed by atoms with van der Waals surface area (Å²) in [6.45, 7) is 0.970. The van der Waals surface area contributed by atoms with Gasteiger partial charge in [-0.2, -0.15) is 0 Å². The van der Waals surface area contributed by atoms with E-state index in [0.29, 0.717) is 12.1 Å². The van der Waals surface area contributed by atoms with Gasteiger partial charge in [-0.3, -0.25) is 4.79 Å². The third kappa shape index (κ3) is 4.88. The van der Waals surface area contributed by atoms with Crippen molar-refractivity contribution >= 4 is 41.6 Å². The van der Waals surface area contributed by atoms with Crippen LogP contribution in [0.3, 0.4) is 0 Å². The maximum Gasteiger partial charge on any atom is 0.339 e. The van der Waals surface area contributed by atoms with Crippen molar-refractivity contribution in [2.75, 3.05) is 19.0 Å². The Morgan fingerprint density at radius 2 is 2.24 bits per heavy atom. The first kappa shape index (κ1) is 17.8. The van der Waals surface area contributed by atoms with E-state index in [1.54, 1.807) is 12.1 Å². The molecule has 0 aliphatic carbocycles. The smallest absolute Gasteiger partial charge is 0.339 e. The van der Waals surface area contributed by atoms with Crippen LogP contribution in [-0.2, 0) is 9.53 Å².